The van der Waals surface area contributed by atoms with Gasteiger partial charge in [0.2, 0.25) is 0 Å². The van der Waals surface area contributed by atoms with Gasteiger partial charge in [0.05, 0.1) is 44.2 Å². The topological polar surface area (TPSA) is 90.1 Å². The molecular formula is C50H55NO7. The molecule has 0 radical (unpaired) electrons. The number of rotatable bonds is 23. The Bertz CT molecular complexity index is 2020. The zero-order chi connectivity index (χ0) is 39.9. The van der Waals surface area contributed by atoms with E-state index in [-0.39, 0.29) is 5.91 Å². The SMILES string of the molecule is CCCCCCN(C(=O)c1ccc(-c2ccc(OCCCCC3CO3)cc2)cc1)c1ccc(OC(=O)c2ccc(-c3ccc(OCCCCC4CO4)cc3)cc2)cc1. The fraction of sp³-hybridized carbons (Fsp3) is 0.360. The number of unbranched alkanes of at least 4 members (excludes halogenated alkanes) is 5. The van der Waals surface area contributed by atoms with Gasteiger partial charge in [-0.3, -0.25) is 4.79 Å². The van der Waals surface area contributed by atoms with Crippen LogP contribution in [0.2, 0.25) is 0 Å². The molecule has 0 aliphatic carbocycles. The van der Waals surface area contributed by atoms with Crippen LogP contribution in [0.5, 0.6) is 17.2 Å². The Hall–Kier alpha value is -5.44. The van der Waals surface area contributed by atoms with E-state index in [0.717, 1.165) is 117 Å². The molecule has 0 bridgehead atoms. The number of benzene rings is 5. The molecule has 8 heteroatoms. The molecule has 0 spiro atoms. The van der Waals surface area contributed by atoms with Crippen LogP contribution in [0.3, 0.4) is 0 Å². The summed E-state index contributed by atoms with van der Waals surface area (Å²) in [5.74, 6) is 1.61. The first-order valence-corrected chi connectivity index (χ1v) is 21.1. The van der Waals surface area contributed by atoms with Gasteiger partial charge in [-0.25, -0.2) is 4.79 Å². The van der Waals surface area contributed by atoms with Crippen molar-refractivity contribution in [1.82, 2.24) is 0 Å². The molecule has 7 rings (SSSR count). The van der Waals surface area contributed by atoms with Crippen LogP contribution in [0, 0.1) is 0 Å². The molecule has 58 heavy (non-hydrogen) atoms. The number of anilines is 1. The monoisotopic (exact) mass is 781 g/mol. The number of nitrogens with zero attached hydrogens (tertiary/aromatic N) is 1. The second kappa shape index (κ2) is 20.8. The van der Waals surface area contributed by atoms with E-state index in [0.29, 0.717) is 48.8 Å². The van der Waals surface area contributed by atoms with Crippen LogP contribution < -0.4 is 19.1 Å². The van der Waals surface area contributed by atoms with E-state index in [1.165, 1.54) is 0 Å². The molecule has 2 unspecified atom stereocenters. The zero-order valence-corrected chi connectivity index (χ0v) is 33.6. The van der Waals surface area contributed by atoms with Crippen molar-refractivity contribution in [3.05, 3.63) is 132 Å². The lowest BCUT2D eigenvalue weighted by Gasteiger charge is -2.23. The minimum atomic E-state index is -0.443. The van der Waals surface area contributed by atoms with Crippen LogP contribution in [0.25, 0.3) is 22.3 Å². The minimum Gasteiger partial charge on any atom is -0.494 e. The molecule has 0 saturated carbocycles. The maximum Gasteiger partial charge on any atom is 0.343 e. The second-order valence-corrected chi connectivity index (χ2v) is 15.2. The van der Waals surface area contributed by atoms with Gasteiger partial charge in [-0.2, -0.15) is 0 Å². The Morgan fingerprint density at radius 2 is 0.983 bits per heavy atom. The van der Waals surface area contributed by atoms with E-state index in [9.17, 15) is 9.59 Å². The average Bonchev–Trinajstić information content (AvgIpc) is 4.22. The van der Waals surface area contributed by atoms with Crippen molar-refractivity contribution in [2.45, 2.75) is 83.3 Å². The number of esters is 1. The standard InChI is InChI=1S/C50H55NO7/c1-2-3-4-7-32-51(49(52)41-16-12-37(13-17-41)39-20-26-44(27-21-39)54-33-8-5-10-47-35-56-47)43-24-30-46(31-25-43)58-50(53)42-18-14-38(15-19-42)40-22-28-45(29-23-40)55-34-9-6-11-48-36-57-48/h12-31,47-48H,2-11,32-36H2,1H3. The van der Waals surface area contributed by atoms with Gasteiger partial charge in [-0.1, -0.05) is 74.7 Å². The highest BCUT2D eigenvalue weighted by Crippen LogP contribution is 2.28. The zero-order valence-electron chi connectivity index (χ0n) is 33.6. The maximum atomic E-state index is 14.0. The third-order valence-corrected chi connectivity index (χ3v) is 10.7. The van der Waals surface area contributed by atoms with Crippen LogP contribution in [0.15, 0.2) is 121 Å². The highest BCUT2D eigenvalue weighted by molar-refractivity contribution is 6.06. The fourth-order valence-electron chi connectivity index (χ4n) is 6.95. The fourth-order valence-corrected chi connectivity index (χ4v) is 6.95. The molecule has 8 nitrogen and oxygen atoms in total. The predicted octanol–water partition coefficient (Wildman–Crippen LogP) is 11.4. The van der Waals surface area contributed by atoms with Crippen molar-refractivity contribution in [1.29, 1.82) is 0 Å². The lowest BCUT2D eigenvalue weighted by atomic mass is 10.0. The van der Waals surface area contributed by atoms with Gasteiger partial charge in [0.25, 0.3) is 5.91 Å². The summed E-state index contributed by atoms with van der Waals surface area (Å²) in [6.07, 6.45) is 11.6. The highest BCUT2D eigenvalue weighted by Gasteiger charge is 2.22. The van der Waals surface area contributed by atoms with Crippen molar-refractivity contribution >= 4 is 17.6 Å². The first kappa shape index (κ1) is 40.7. The first-order valence-electron chi connectivity index (χ1n) is 21.1. The van der Waals surface area contributed by atoms with E-state index in [1.807, 2.05) is 89.8 Å². The molecule has 302 valence electrons. The number of carbonyl (C=O) groups excluding carboxylic acids is 2. The summed E-state index contributed by atoms with van der Waals surface area (Å²) in [5, 5.41) is 0. The molecule has 2 heterocycles. The van der Waals surface area contributed by atoms with E-state index in [1.54, 1.807) is 24.3 Å². The summed E-state index contributed by atoms with van der Waals surface area (Å²) in [6, 6.07) is 38.5. The van der Waals surface area contributed by atoms with E-state index in [4.69, 9.17) is 23.7 Å². The van der Waals surface area contributed by atoms with Crippen LogP contribution >= 0.6 is 0 Å². The van der Waals surface area contributed by atoms with Crippen LogP contribution in [-0.4, -0.2) is 57.1 Å². The van der Waals surface area contributed by atoms with Crippen LogP contribution in [0.4, 0.5) is 5.69 Å². The number of amides is 1. The summed E-state index contributed by atoms with van der Waals surface area (Å²) in [7, 11) is 0. The summed E-state index contributed by atoms with van der Waals surface area (Å²) in [5.41, 5.74) is 5.95. The second-order valence-electron chi connectivity index (χ2n) is 15.2. The van der Waals surface area contributed by atoms with Gasteiger partial charge in [0, 0.05) is 17.8 Å². The van der Waals surface area contributed by atoms with E-state index in [2.05, 4.69) is 19.1 Å². The summed E-state index contributed by atoms with van der Waals surface area (Å²) in [6.45, 7) is 5.98. The Kier molecular flexibility index (Phi) is 14.6. The lowest BCUT2D eigenvalue weighted by molar-refractivity contribution is 0.0734. The van der Waals surface area contributed by atoms with Crippen molar-refractivity contribution in [3.63, 3.8) is 0 Å². The molecule has 5 aromatic carbocycles. The van der Waals surface area contributed by atoms with Crippen molar-refractivity contribution < 1.29 is 33.3 Å². The molecule has 0 N–H and O–H groups in total. The summed E-state index contributed by atoms with van der Waals surface area (Å²) in [4.78, 5) is 28.9. The Balaban J connectivity index is 0.918. The number of hydrogen-bond donors (Lipinski definition) is 0. The number of epoxide rings is 2. The molecule has 2 fully saturated rings. The highest BCUT2D eigenvalue weighted by atomic mass is 16.6. The van der Waals surface area contributed by atoms with E-state index >= 15 is 0 Å². The smallest absolute Gasteiger partial charge is 0.343 e. The van der Waals surface area contributed by atoms with Crippen LogP contribution in [-0.2, 0) is 9.47 Å². The summed E-state index contributed by atoms with van der Waals surface area (Å²) >= 11 is 0. The minimum absolute atomic E-state index is 0.0675. The number of hydrogen-bond acceptors (Lipinski definition) is 7. The predicted molar refractivity (Wildman–Crippen MR) is 229 cm³/mol. The largest absolute Gasteiger partial charge is 0.494 e. The third-order valence-electron chi connectivity index (χ3n) is 10.7. The van der Waals surface area contributed by atoms with E-state index < -0.39 is 5.97 Å². The molecule has 2 aliphatic rings. The van der Waals surface area contributed by atoms with Gasteiger partial charge in [0.15, 0.2) is 0 Å². The normalized spacial score (nSPS) is 15.4. The quantitative estimate of drug-likeness (QED) is 0.0282. The molecular weight excluding hydrogens is 727 g/mol. The van der Waals surface area contributed by atoms with Gasteiger partial charge >= 0.3 is 5.97 Å². The van der Waals surface area contributed by atoms with Gasteiger partial charge in [0.1, 0.15) is 17.2 Å². The Morgan fingerprint density at radius 3 is 1.45 bits per heavy atom. The molecule has 2 aliphatic heterocycles. The molecule has 0 aromatic heterocycles. The van der Waals surface area contributed by atoms with Crippen molar-refractivity contribution in [3.8, 4) is 39.5 Å². The first-order chi connectivity index (χ1) is 28.5. The molecule has 2 atom stereocenters. The lowest BCUT2D eigenvalue weighted by Crippen LogP contribution is -2.32. The Labute approximate surface area is 343 Å². The van der Waals surface area contributed by atoms with Crippen molar-refractivity contribution in [2.24, 2.45) is 0 Å². The number of ether oxygens (including phenoxy) is 5. The Morgan fingerprint density at radius 1 is 0.534 bits per heavy atom. The summed E-state index contributed by atoms with van der Waals surface area (Å²) < 4.78 is 28.1. The molecule has 1 amide bonds. The molecule has 2 saturated heterocycles. The van der Waals surface area contributed by atoms with Gasteiger partial charge in [-0.15, -0.1) is 0 Å². The maximum absolute atomic E-state index is 14.0. The number of carbonyl (C=O) groups is 2. The van der Waals surface area contributed by atoms with Crippen LogP contribution in [0.1, 0.15) is 91.8 Å². The third kappa shape index (κ3) is 12.3. The van der Waals surface area contributed by atoms with Crippen molar-refractivity contribution in [2.75, 3.05) is 37.9 Å². The molecule has 5 aromatic rings. The van der Waals surface area contributed by atoms with Gasteiger partial charge < -0.3 is 28.6 Å². The van der Waals surface area contributed by atoms with Gasteiger partial charge in [-0.05, 0) is 140 Å². The average molecular weight is 782 g/mol.